The Labute approximate surface area is 131 Å². The quantitative estimate of drug-likeness (QED) is 0.770. The van der Waals surface area contributed by atoms with Crippen LogP contribution in [0.15, 0.2) is 46.6 Å². The average molecular weight is 312 g/mol. The third-order valence-corrected chi connectivity index (χ3v) is 4.32. The SMILES string of the molecule is CCCc1cc(=O)[nH]c2cc(NC(=O)c3cccs3)ccc12. The molecule has 0 spiro atoms. The van der Waals surface area contributed by atoms with E-state index >= 15 is 0 Å². The maximum atomic E-state index is 12.1. The predicted octanol–water partition coefficient (Wildman–Crippen LogP) is 3.79. The molecule has 1 aromatic carbocycles. The lowest BCUT2D eigenvalue weighted by Crippen LogP contribution is -2.11. The van der Waals surface area contributed by atoms with Gasteiger partial charge in [-0.15, -0.1) is 11.3 Å². The average Bonchev–Trinajstić information content (AvgIpc) is 3.01. The lowest BCUT2D eigenvalue weighted by molar-refractivity contribution is 0.103. The summed E-state index contributed by atoms with van der Waals surface area (Å²) in [5.74, 6) is -0.138. The number of amides is 1. The third kappa shape index (κ3) is 2.94. The summed E-state index contributed by atoms with van der Waals surface area (Å²) in [5, 5.41) is 5.75. The van der Waals surface area contributed by atoms with Crippen LogP contribution in [0.4, 0.5) is 5.69 Å². The molecule has 0 saturated carbocycles. The maximum Gasteiger partial charge on any atom is 0.265 e. The van der Waals surface area contributed by atoms with E-state index in [-0.39, 0.29) is 11.5 Å². The number of carbonyl (C=O) groups excluding carboxylic acids is 1. The number of nitrogens with one attached hydrogen (secondary N) is 2. The highest BCUT2D eigenvalue weighted by molar-refractivity contribution is 7.12. The molecule has 0 bridgehead atoms. The van der Waals surface area contributed by atoms with E-state index in [2.05, 4.69) is 17.2 Å². The largest absolute Gasteiger partial charge is 0.322 e. The van der Waals surface area contributed by atoms with Crippen molar-refractivity contribution in [2.75, 3.05) is 5.32 Å². The van der Waals surface area contributed by atoms with E-state index in [1.807, 2.05) is 23.6 Å². The molecule has 0 atom stereocenters. The number of thiophene rings is 1. The van der Waals surface area contributed by atoms with Crippen molar-refractivity contribution in [3.63, 3.8) is 0 Å². The van der Waals surface area contributed by atoms with E-state index in [1.54, 1.807) is 18.2 Å². The van der Waals surface area contributed by atoms with E-state index in [1.165, 1.54) is 11.3 Å². The predicted molar refractivity (Wildman–Crippen MR) is 90.8 cm³/mol. The molecule has 5 heteroatoms. The summed E-state index contributed by atoms with van der Waals surface area (Å²) < 4.78 is 0. The van der Waals surface area contributed by atoms with Crippen LogP contribution in [0.3, 0.4) is 0 Å². The Bertz CT molecular complexity index is 866. The van der Waals surface area contributed by atoms with Gasteiger partial charge in [0.25, 0.3) is 5.91 Å². The summed E-state index contributed by atoms with van der Waals surface area (Å²) in [6.07, 6.45) is 1.84. The monoisotopic (exact) mass is 312 g/mol. The number of fused-ring (bicyclic) bond motifs is 1. The second kappa shape index (κ2) is 6.15. The van der Waals surface area contributed by atoms with Crippen LogP contribution in [0.25, 0.3) is 10.9 Å². The van der Waals surface area contributed by atoms with Crippen molar-refractivity contribution in [1.29, 1.82) is 0 Å². The number of aromatic nitrogens is 1. The Kier molecular flexibility index (Phi) is 4.06. The van der Waals surface area contributed by atoms with Gasteiger partial charge < -0.3 is 10.3 Å². The number of hydrogen-bond acceptors (Lipinski definition) is 3. The molecule has 112 valence electrons. The van der Waals surface area contributed by atoms with Gasteiger partial charge in [0, 0.05) is 17.1 Å². The highest BCUT2D eigenvalue weighted by atomic mass is 32.1. The second-order valence-corrected chi connectivity index (χ2v) is 6.05. The first kappa shape index (κ1) is 14.5. The van der Waals surface area contributed by atoms with Crippen LogP contribution in [0.1, 0.15) is 28.6 Å². The molecule has 0 radical (unpaired) electrons. The van der Waals surface area contributed by atoms with Crippen molar-refractivity contribution >= 4 is 33.8 Å². The van der Waals surface area contributed by atoms with Crippen LogP contribution in [0.2, 0.25) is 0 Å². The Morgan fingerprint density at radius 3 is 2.86 bits per heavy atom. The standard InChI is InChI=1S/C17H16N2O2S/c1-2-4-11-9-16(20)19-14-10-12(6-7-13(11)14)18-17(21)15-5-3-8-22-15/h3,5-10H,2,4H2,1H3,(H,18,21)(H,19,20). The highest BCUT2D eigenvalue weighted by Crippen LogP contribution is 2.21. The highest BCUT2D eigenvalue weighted by Gasteiger charge is 2.08. The number of anilines is 1. The first-order valence-corrected chi connectivity index (χ1v) is 8.06. The molecule has 0 aliphatic heterocycles. The number of aryl methyl sites for hydroxylation is 1. The van der Waals surface area contributed by atoms with Crippen LogP contribution in [0, 0.1) is 0 Å². The minimum atomic E-state index is -0.138. The van der Waals surface area contributed by atoms with Crippen molar-refractivity contribution in [1.82, 2.24) is 4.98 Å². The number of hydrogen-bond donors (Lipinski definition) is 2. The topological polar surface area (TPSA) is 62.0 Å². The van der Waals surface area contributed by atoms with Crippen molar-refractivity contribution in [3.8, 4) is 0 Å². The molecule has 3 aromatic rings. The molecule has 0 saturated heterocycles. The fourth-order valence-electron chi connectivity index (χ4n) is 2.49. The zero-order valence-electron chi connectivity index (χ0n) is 12.2. The van der Waals surface area contributed by atoms with Crippen LogP contribution < -0.4 is 10.9 Å². The molecule has 0 aliphatic carbocycles. The molecule has 2 heterocycles. The summed E-state index contributed by atoms with van der Waals surface area (Å²) in [6, 6.07) is 10.9. The second-order valence-electron chi connectivity index (χ2n) is 5.10. The summed E-state index contributed by atoms with van der Waals surface area (Å²) >= 11 is 1.40. The van der Waals surface area contributed by atoms with Gasteiger partial charge in [-0.05, 0) is 35.6 Å². The van der Waals surface area contributed by atoms with Crippen LogP contribution in [-0.4, -0.2) is 10.9 Å². The van der Waals surface area contributed by atoms with Crippen molar-refractivity contribution in [3.05, 3.63) is 62.6 Å². The third-order valence-electron chi connectivity index (χ3n) is 3.45. The zero-order valence-corrected chi connectivity index (χ0v) is 13.0. The molecule has 1 amide bonds. The molecule has 3 rings (SSSR count). The smallest absolute Gasteiger partial charge is 0.265 e. The number of rotatable bonds is 4. The van der Waals surface area contributed by atoms with Crippen molar-refractivity contribution in [2.24, 2.45) is 0 Å². The first-order chi connectivity index (χ1) is 10.7. The van der Waals surface area contributed by atoms with Crippen LogP contribution in [0.5, 0.6) is 0 Å². The minimum Gasteiger partial charge on any atom is -0.322 e. The van der Waals surface area contributed by atoms with Gasteiger partial charge in [0.2, 0.25) is 5.56 Å². The Hall–Kier alpha value is -2.40. The lowest BCUT2D eigenvalue weighted by atomic mass is 10.0. The van der Waals surface area contributed by atoms with Crippen LogP contribution in [-0.2, 0) is 6.42 Å². The fraction of sp³-hybridized carbons (Fsp3) is 0.176. The van der Waals surface area contributed by atoms with E-state index < -0.39 is 0 Å². The zero-order chi connectivity index (χ0) is 15.5. The van der Waals surface area contributed by atoms with Gasteiger partial charge in [0.15, 0.2) is 0 Å². The lowest BCUT2D eigenvalue weighted by Gasteiger charge is -2.08. The molecule has 0 unspecified atom stereocenters. The molecule has 22 heavy (non-hydrogen) atoms. The van der Waals surface area contributed by atoms with E-state index in [0.717, 1.165) is 29.3 Å². The van der Waals surface area contributed by atoms with Gasteiger partial charge >= 0.3 is 0 Å². The van der Waals surface area contributed by atoms with E-state index in [4.69, 9.17) is 0 Å². The number of carbonyl (C=O) groups is 1. The Morgan fingerprint density at radius 2 is 2.14 bits per heavy atom. The van der Waals surface area contributed by atoms with Gasteiger partial charge in [-0.2, -0.15) is 0 Å². The summed E-state index contributed by atoms with van der Waals surface area (Å²) in [4.78, 5) is 27.3. The number of benzene rings is 1. The van der Waals surface area contributed by atoms with Crippen LogP contribution >= 0.6 is 11.3 Å². The molecular formula is C17H16N2O2S. The van der Waals surface area contributed by atoms with Gasteiger partial charge in [0.05, 0.1) is 10.4 Å². The number of H-pyrrole nitrogens is 1. The van der Waals surface area contributed by atoms with E-state index in [9.17, 15) is 9.59 Å². The van der Waals surface area contributed by atoms with Gasteiger partial charge in [-0.3, -0.25) is 9.59 Å². The van der Waals surface area contributed by atoms with E-state index in [0.29, 0.717) is 10.6 Å². The molecule has 2 aromatic heterocycles. The molecule has 4 nitrogen and oxygen atoms in total. The maximum absolute atomic E-state index is 12.1. The normalized spacial score (nSPS) is 10.8. The summed E-state index contributed by atoms with van der Waals surface area (Å²) in [5.41, 5.74) is 2.35. The summed E-state index contributed by atoms with van der Waals surface area (Å²) in [7, 11) is 0. The van der Waals surface area contributed by atoms with Gasteiger partial charge in [0.1, 0.15) is 0 Å². The fourth-order valence-corrected chi connectivity index (χ4v) is 3.11. The van der Waals surface area contributed by atoms with Crippen molar-refractivity contribution in [2.45, 2.75) is 19.8 Å². The molecule has 2 N–H and O–H groups in total. The number of pyridine rings is 1. The molecule has 0 fully saturated rings. The Morgan fingerprint density at radius 1 is 1.27 bits per heavy atom. The Balaban J connectivity index is 1.96. The number of aromatic amines is 1. The van der Waals surface area contributed by atoms with Crippen molar-refractivity contribution < 1.29 is 4.79 Å². The molecular weight excluding hydrogens is 296 g/mol. The van der Waals surface area contributed by atoms with Gasteiger partial charge in [-0.25, -0.2) is 0 Å². The van der Waals surface area contributed by atoms with Gasteiger partial charge in [-0.1, -0.05) is 25.5 Å². The minimum absolute atomic E-state index is 0.113. The summed E-state index contributed by atoms with van der Waals surface area (Å²) in [6.45, 7) is 2.09. The first-order valence-electron chi connectivity index (χ1n) is 7.18. The molecule has 0 aliphatic rings.